The van der Waals surface area contributed by atoms with Crippen LogP contribution in [0.5, 0.6) is 5.88 Å². The highest BCUT2D eigenvalue weighted by Crippen LogP contribution is 2.23. The van der Waals surface area contributed by atoms with Crippen LogP contribution < -0.4 is 4.74 Å². The smallest absolute Gasteiger partial charge is 0.227 e. The molecule has 2 nitrogen and oxygen atoms in total. The largest absolute Gasteiger partial charge is 0.480 e. The summed E-state index contributed by atoms with van der Waals surface area (Å²) in [6.45, 7) is 2.19. The molecule has 1 aromatic heterocycles. The van der Waals surface area contributed by atoms with Gasteiger partial charge < -0.3 is 4.74 Å². The minimum absolute atomic E-state index is 0.653. The zero-order chi connectivity index (χ0) is 9.68. The normalized spacial score (nSPS) is 10.1. The van der Waals surface area contributed by atoms with Crippen molar-refractivity contribution in [3.8, 4) is 5.88 Å². The molecule has 0 aromatic carbocycles. The molecule has 0 saturated carbocycles. The van der Waals surface area contributed by atoms with Gasteiger partial charge in [0, 0.05) is 6.20 Å². The number of ether oxygens (including phenoxy) is 1. The van der Waals surface area contributed by atoms with Gasteiger partial charge in [0.15, 0.2) is 0 Å². The molecule has 0 aliphatic heterocycles. The molecule has 0 radical (unpaired) electrons. The average Bonchev–Trinajstić information content (AvgIpc) is 2.15. The summed E-state index contributed by atoms with van der Waals surface area (Å²) in [5.41, 5.74) is 1.26. The molecule has 13 heavy (non-hydrogen) atoms. The Bertz CT molecular complexity index is 276. The SMILES string of the molecule is CCCCc1cnc(OC)c(Br)c1. The fourth-order valence-corrected chi connectivity index (χ4v) is 1.69. The van der Waals surface area contributed by atoms with E-state index < -0.39 is 0 Å². The molecule has 1 aromatic rings. The fraction of sp³-hybridized carbons (Fsp3) is 0.500. The Balaban J connectivity index is 2.71. The fourth-order valence-electron chi connectivity index (χ4n) is 1.13. The van der Waals surface area contributed by atoms with Crippen molar-refractivity contribution in [3.63, 3.8) is 0 Å². The molecule has 0 aliphatic carbocycles. The molecule has 0 bridgehead atoms. The van der Waals surface area contributed by atoms with E-state index in [2.05, 4.69) is 33.9 Å². The van der Waals surface area contributed by atoms with E-state index in [9.17, 15) is 0 Å². The van der Waals surface area contributed by atoms with Crippen LogP contribution in [0.3, 0.4) is 0 Å². The van der Waals surface area contributed by atoms with Crippen LogP contribution in [-0.4, -0.2) is 12.1 Å². The van der Waals surface area contributed by atoms with E-state index in [0.717, 1.165) is 10.9 Å². The minimum Gasteiger partial charge on any atom is -0.480 e. The number of halogens is 1. The maximum absolute atomic E-state index is 5.05. The van der Waals surface area contributed by atoms with Crippen molar-refractivity contribution < 1.29 is 4.74 Å². The van der Waals surface area contributed by atoms with E-state index in [1.54, 1.807) is 7.11 Å². The van der Waals surface area contributed by atoms with Crippen molar-refractivity contribution in [2.24, 2.45) is 0 Å². The topological polar surface area (TPSA) is 22.1 Å². The van der Waals surface area contributed by atoms with Gasteiger partial charge in [0.1, 0.15) is 0 Å². The third-order valence-electron chi connectivity index (χ3n) is 1.88. The molecule has 0 N–H and O–H groups in total. The molecule has 0 atom stereocenters. The van der Waals surface area contributed by atoms with Gasteiger partial charge in [-0.05, 0) is 40.4 Å². The number of nitrogens with zero attached hydrogens (tertiary/aromatic N) is 1. The summed E-state index contributed by atoms with van der Waals surface area (Å²) in [7, 11) is 1.62. The van der Waals surface area contributed by atoms with Gasteiger partial charge in [-0.1, -0.05) is 13.3 Å². The average molecular weight is 244 g/mol. The molecule has 0 fully saturated rings. The number of hydrogen-bond donors (Lipinski definition) is 0. The highest BCUT2D eigenvalue weighted by molar-refractivity contribution is 9.10. The molecule has 3 heteroatoms. The first-order chi connectivity index (χ1) is 6.27. The number of hydrogen-bond acceptors (Lipinski definition) is 2. The van der Waals surface area contributed by atoms with Crippen molar-refractivity contribution in [1.82, 2.24) is 4.98 Å². The van der Waals surface area contributed by atoms with Crippen LogP contribution in [0.2, 0.25) is 0 Å². The number of aromatic nitrogens is 1. The van der Waals surface area contributed by atoms with Gasteiger partial charge in [0.05, 0.1) is 11.6 Å². The Morgan fingerprint density at radius 1 is 1.54 bits per heavy atom. The van der Waals surface area contributed by atoms with Crippen molar-refractivity contribution in [3.05, 3.63) is 22.3 Å². The second-order valence-corrected chi connectivity index (χ2v) is 3.79. The van der Waals surface area contributed by atoms with Crippen LogP contribution in [0.1, 0.15) is 25.3 Å². The van der Waals surface area contributed by atoms with Crippen molar-refractivity contribution in [2.75, 3.05) is 7.11 Å². The van der Waals surface area contributed by atoms with E-state index in [1.165, 1.54) is 18.4 Å². The van der Waals surface area contributed by atoms with Gasteiger partial charge in [0.2, 0.25) is 5.88 Å². The zero-order valence-corrected chi connectivity index (χ0v) is 9.60. The first-order valence-electron chi connectivity index (χ1n) is 4.46. The van der Waals surface area contributed by atoms with Crippen LogP contribution in [0.25, 0.3) is 0 Å². The van der Waals surface area contributed by atoms with E-state index in [0.29, 0.717) is 5.88 Å². The van der Waals surface area contributed by atoms with E-state index in [-0.39, 0.29) is 0 Å². The lowest BCUT2D eigenvalue weighted by Crippen LogP contribution is -1.92. The standard InChI is InChI=1S/C10H14BrNO/c1-3-4-5-8-6-9(11)10(13-2)12-7-8/h6-7H,3-5H2,1-2H3. The molecule has 0 spiro atoms. The Kier molecular flexibility index (Phi) is 4.22. The van der Waals surface area contributed by atoms with Crippen molar-refractivity contribution in [2.45, 2.75) is 26.2 Å². The van der Waals surface area contributed by atoms with E-state index >= 15 is 0 Å². The monoisotopic (exact) mass is 243 g/mol. The highest BCUT2D eigenvalue weighted by atomic mass is 79.9. The second-order valence-electron chi connectivity index (χ2n) is 2.94. The Morgan fingerprint density at radius 3 is 2.85 bits per heavy atom. The lowest BCUT2D eigenvalue weighted by molar-refractivity contribution is 0.394. The minimum atomic E-state index is 0.653. The van der Waals surface area contributed by atoms with Crippen LogP contribution in [-0.2, 0) is 6.42 Å². The Morgan fingerprint density at radius 2 is 2.31 bits per heavy atom. The molecule has 0 aliphatic rings. The lowest BCUT2D eigenvalue weighted by Gasteiger charge is -2.04. The van der Waals surface area contributed by atoms with Gasteiger partial charge in [0.25, 0.3) is 0 Å². The van der Waals surface area contributed by atoms with Gasteiger partial charge in [-0.2, -0.15) is 0 Å². The third kappa shape index (κ3) is 2.99. The predicted molar refractivity (Wildman–Crippen MR) is 57.1 cm³/mol. The molecule has 0 amide bonds. The van der Waals surface area contributed by atoms with Crippen LogP contribution >= 0.6 is 15.9 Å². The molecule has 1 heterocycles. The first-order valence-corrected chi connectivity index (χ1v) is 5.25. The molecule has 72 valence electrons. The summed E-state index contributed by atoms with van der Waals surface area (Å²) >= 11 is 3.41. The van der Waals surface area contributed by atoms with Crippen molar-refractivity contribution in [1.29, 1.82) is 0 Å². The number of aryl methyl sites for hydroxylation is 1. The third-order valence-corrected chi connectivity index (χ3v) is 2.44. The van der Waals surface area contributed by atoms with Crippen molar-refractivity contribution >= 4 is 15.9 Å². The molecular weight excluding hydrogens is 230 g/mol. The number of unbranched alkanes of at least 4 members (excludes halogenated alkanes) is 1. The quantitative estimate of drug-likeness (QED) is 0.811. The summed E-state index contributed by atoms with van der Waals surface area (Å²) in [6.07, 6.45) is 5.38. The van der Waals surface area contributed by atoms with Gasteiger partial charge in [-0.25, -0.2) is 4.98 Å². The number of methoxy groups -OCH3 is 1. The molecule has 0 saturated heterocycles. The van der Waals surface area contributed by atoms with Crippen LogP contribution in [0.15, 0.2) is 16.7 Å². The summed E-state index contributed by atoms with van der Waals surface area (Å²) < 4.78 is 5.98. The summed E-state index contributed by atoms with van der Waals surface area (Å²) in [5, 5.41) is 0. The van der Waals surface area contributed by atoms with Gasteiger partial charge >= 0.3 is 0 Å². The molecule has 1 rings (SSSR count). The summed E-state index contributed by atoms with van der Waals surface area (Å²) in [6, 6.07) is 2.07. The van der Waals surface area contributed by atoms with Crippen LogP contribution in [0.4, 0.5) is 0 Å². The first kappa shape index (κ1) is 10.5. The van der Waals surface area contributed by atoms with Crippen LogP contribution in [0, 0.1) is 0 Å². The Hall–Kier alpha value is -0.570. The van der Waals surface area contributed by atoms with Gasteiger partial charge in [-0.3, -0.25) is 0 Å². The number of rotatable bonds is 4. The Labute approximate surface area is 87.5 Å². The maximum Gasteiger partial charge on any atom is 0.227 e. The molecule has 0 unspecified atom stereocenters. The van der Waals surface area contributed by atoms with E-state index in [4.69, 9.17) is 4.74 Å². The summed E-state index contributed by atoms with van der Waals surface area (Å²) in [5.74, 6) is 0.653. The second kappa shape index (κ2) is 5.22. The lowest BCUT2D eigenvalue weighted by atomic mass is 10.1. The highest BCUT2D eigenvalue weighted by Gasteiger charge is 2.01. The predicted octanol–water partition coefficient (Wildman–Crippen LogP) is 3.20. The maximum atomic E-state index is 5.05. The molecular formula is C10H14BrNO. The van der Waals surface area contributed by atoms with Gasteiger partial charge in [-0.15, -0.1) is 0 Å². The zero-order valence-electron chi connectivity index (χ0n) is 8.01. The number of pyridine rings is 1. The van der Waals surface area contributed by atoms with E-state index in [1.807, 2.05) is 6.20 Å². The summed E-state index contributed by atoms with van der Waals surface area (Å²) in [4.78, 5) is 4.18.